The fourth-order valence-corrected chi connectivity index (χ4v) is 4.98. The van der Waals surface area contributed by atoms with E-state index in [0.717, 1.165) is 22.0 Å². The van der Waals surface area contributed by atoms with Crippen LogP contribution in [0.4, 0.5) is 5.69 Å². The van der Waals surface area contributed by atoms with Crippen molar-refractivity contribution in [3.63, 3.8) is 0 Å². The zero-order valence-electron chi connectivity index (χ0n) is 19.9. The van der Waals surface area contributed by atoms with Crippen molar-refractivity contribution in [2.45, 2.75) is 31.6 Å². The molecule has 7 nitrogen and oxygen atoms in total. The molecule has 3 aromatic rings. The van der Waals surface area contributed by atoms with Gasteiger partial charge < -0.3 is 4.74 Å². The Hall–Kier alpha value is -3.36. The molecule has 0 fully saturated rings. The largest absolute Gasteiger partial charge is 0.495 e. The predicted octanol–water partition coefficient (Wildman–Crippen LogP) is 4.98. The summed E-state index contributed by atoms with van der Waals surface area (Å²) in [6, 6.07) is 20.9. The van der Waals surface area contributed by atoms with Crippen LogP contribution < -0.4 is 14.5 Å². The minimum atomic E-state index is -4.06. The van der Waals surface area contributed by atoms with Crippen molar-refractivity contribution in [1.82, 2.24) is 5.43 Å². The van der Waals surface area contributed by atoms with Crippen molar-refractivity contribution in [1.29, 1.82) is 0 Å². The Labute approximate surface area is 211 Å². The number of aryl methyl sites for hydroxylation is 2. The number of hydrogen-bond acceptors (Lipinski definition) is 5. The average molecular weight is 514 g/mol. The van der Waals surface area contributed by atoms with E-state index in [1.54, 1.807) is 18.2 Å². The summed E-state index contributed by atoms with van der Waals surface area (Å²) in [7, 11) is -2.60. The number of nitrogens with zero attached hydrogens (tertiary/aromatic N) is 2. The molecule has 0 aliphatic rings. The summed E-state index contributed by atoms with van der Waals surface area (Å²) < 4.78 is 33.1. The minimum Gasteiger partial charge on any atom is -0.495 e. The second kappa shape index (κ2) is 11.9. The number of ether oxygens (including phenoxy) is 1. The molecular weight excluding hydrogens is 486 g/mol. The lowest BCUT2D eigenvalue weighted by molar-refractivity contribution is -0.119. The number of amides is 1. The van der Waals surface area contributed by atoms with Gasteiger partial charge in [-0.05, 0) is 62.6 Å². The van der Waals surface area contributed by atoms with E-state index in [1.165, 1.54) is 36.9 Å². The molecule has 0 saturated carbocycles. The number of methoxy groups -OCH3 is 1. The molecule has 0 unspecified atom stereocenters. The monoisotopic (exact) mass is 513 g/mol. The second-order valence-corrected chi connectivity index (χ2v) is 10.3. The molecule has 1 N–H and O–H groups in total. The van der Waals surface area contributed by atoms with Crippen LogP contribution in [0.2, 0.25) is 5.02 Å². The van der Waals surface area contributed by atoms with E-state index in [9.17, 15) is 13.2 Å². The van der Waals surface area contributed by atoms with E-state index in [2.05, 4.69) is 10.5 Å². The van der Waals surface area contributed by atoms with Gasteiger partial charge in [-0.15, -0.1) is 0 Å². The third kappa shape index (κ3) is 7.07. The molecule has 0 saturated heterocycles. The van der Waals surface area contributed by atoms with Crippen molar-refractivity contribution in [3.8, 4) is 5.75 Å². The third-order valence-electron chi connectivity index (χ3n) is 5.31. The molecule has 184 valence electrons. The van der Waals surface area contributed by atoms with Crippen LogP contribution in [0.15, 0.2) is 82.8 Å². The Kier molecular flexibility index (Phi) is 8.89. The van der Waals surface area contributed by atoms with E-state index in [4.69, 9.17) is 16.3 Å². The maximum Gasteiger partial charge on any atom is 0.264 e. The molecule has 1 amide bonds. The molecule has 0 aromatic heterocycles. The highest BCUT2D eigenvalue weighted by Gasteiger charge is 2.28. The van der Waals surface area contributed by atoms with Gasteiger partial charge in [0.2, 0.25) is 0 Å². The first kappa shape index (κ1) is 26.2. The topological polar surface area (TPSA) is 88.1 Å². The fraction of sp³-hybridized carbons (Fsp3) is 0.231. The van der Waals surface area contributed by atoms with Crippen LogP contribution in [-0.4, -0.2) is 33.7 Å². The third-order valence-corrected chi connectivity index (χ3v) is 7.39. The number of anilines is 1. The van der Waals surface area contributed by atoms with Gasteiger partial charge in [-0.3, -0.25) is 9.10 Å². The maximum absolute atomic E-state index is 13.5. The lowest BCUT2D eigenvalue weighted by Gasteiger charge is -2.24. The van der Waals surface area contributed by atoms with Crippen LogP contribution >= 0.6 is 11.6 Å². The number of nitrogens with one attached hydrogen (secondary N) is 1. The Morgan fingerprint density at radius 1 is 1.06 bits per heavy atom. The van der Waals surface area contributed by atoms with Crippen LogP contribution in [0.1, 0.15) is 24.5 Å². The van der Waals surface area contributed by atoms with Crippen LogP contribution in [0, 0.1) is 6.92 Å². The highest BCUT2D eigenvalue weighted by atomic mass is 35.5. The Morgan fingerprint density at radius 2 is 1.74 bits per heavy atom. The molecule has 0 aliphatic carbocycles. The summed E-state index contributed by atoms with van der Waals surface area (Å²) >= 11 is 6.25. The first-order chi connectivity index (χ1) is 16.7. The number of carbonyl (C=O) groups is 1. The molecule has 0 atom stereocenters. The predicted molar refractivity (Wildman–Crippen MR) is 140 cm³/mol. The van der Waals surface area contributed by atoms with Crippen molar-refractivity contribution in [2.75, 3.05) is 18.0 Å². The van der Waals surface area contributed by atoms with Gasteiger partial charge in [-0.25, -0.2) is 13.8 Å². The van der Waals surface area contributed by atoms with Crippen molar-refractivity contribution < 1.29 is 17.9 Å². The number of hydrogen-bond donors (Lipinski definition) is 1. The molecule has 0 radical (unpaired) electrons. The first-order valence-corrected chi connectivity index (χ1v) is 12.8. The molecular formula is C26H28ClN3O4S. The Bertz CT molecular complexity index is 1290. The van der Waals surface area contributed by atoms with Gasteiger partial charge in [0.25, 0.3) is 15.9 Å². The summed E-state index contributed by atoms with van der Waals surface area (Å²) in [5.74, 6) is -0.183. The number of sulfonamides is 1. The van der Waals surface area contributed by atoms with E-state index in [-0.39, 0.29) is 15.6 Å². The Balaban J connectivity index is 1.80. The summed E-state index contributed by atoms with van der Waals surface area (Å²) in [6.45, 7) is 3.20. The molecule has 3 rings (SSSR count). The summed E-state index contributed by atoms with van der Waals surface area (Å²) in [5.41, 5.74) is 5.52. The summed E-state index contributed by atoms with van der Waals surface area (Å²) in [4.78, 5) is 12.8. The van der Waals surface area contributed by atoms with E-state index in [1.807, 2.05) is 44.2 Å². The average Bonchev–Trinajstić information content (AvgIpc) is 2.85. The first-order valence-electron chi connectivity index (χ1n) is 11.0. The minimum absolute atomic E-state index is 0.0605. The van der Waals surface area contributed by atoms with Crippen LogP contribution in [-0.2, 0) is 21.2 Å². The number of benzene rings is 3. The van der Waals surface area contributed by atoms with Gasteiger partial charge in [0.1, 0.15) is 12.3 Å². The smallest absolute Gasteiger partial charge is 0.264 e. The van der Waals surface area contributed by atoms with Crippen molar-refractivity contribution >= 4 is 38.9 Å². The highest BCUT2D eigenvalue weighted by Crippen LogP contribution is 2.32. The molecule has 35 heavy (non-hydrogen) atoms. The fourth-order valence-electron chi connectivity index (χ4n) is 3.31. The van der Waals surface area contributed by atoms with Gasteiger partial charge >= 0.3 is 0 Å². The lowest BCUT2D eigenvalue weighted by Crippen LogP contribution is -2.39. The molecule has 0 bridgehead atoms. The van der Waals surface area contributed by atoms with Crippen molar-refractivity contribution in [2.24, 2.45) is 5.10 Å². The SMILES string of the molecule is COc1ccc(N(CC(=O)N/N=C(/C)CCc2ccccc2)S(=O)(=O)c2ccc(C)cc2)cc1Cl. The van der Waals surface area contributed by atoms with Gasteiger partial charge in [0, 0.05) is 5.71 Å². The van der Waals surface area contributed by atoms with Crippen LogP contribution in [0.25, 0.3) is 0 Å². The molecule has 0 spiro atoms. The van der Waals surface area contributed by atoms with Crippen LogP contribution in [0.3, 0.4) is 0 Å². The van der Waals surface area contributed by atoms with E-state index in [0.29, 0.717) is 12.2 Å². The number of hydrazone groups is 1. The summed E-state index contributed by atoms with van der Waals surface area (Å²) in [5, 5.41) is 4.37. The van der Waals surface area contributed by atoms with Gasteiger partial charge in [-0.2, -0.15) is 5.10 Å². The quantitative estimate of drug-likeness (QED) is 0.306. The van der Waals surface area contributed by atoms with Gasteiger partial charge in [-0.1, -0.05) is 59.6 Å². The lowest BCUT2D eigenvalue weighted by atomic mass is 10.1. The number of halogens is 1. The Morgan fingerprint density at radius 3 is 2.37 bits per heavy atom. The molecule has 9 heteroatoms. The van der Waals surface area contributed by atoms with Gasteiger partial charge in [0.15, 0.2) is 0 Å². The van der Waals surface area contributed by atoms with E-state index >= 15 is 0 Å². The highest BCUT2D eigenvalue weighted by molar-refractivity contribution is 7.92. The molecule has 0 heterocycles. The van der Waals surface area contributed by atoms with Crippen LogP contribution in [0.5, 0.6) is 5.75 Å². The summed E-state index contributed by atoms with van der Waals surface area (Å²) in [6.07, 6.45) is 1.44. The standard InChI is InChI=1S/C26H28ClN3O4S/c1-19-9-14-23(15-10-19)35(32,33)30(22-13-16-25(34-3)24(27)17-22)18-26(31)29-28-20(2)11-12-21-7-5-4-6-8-21/h4-10,13-17H,11-12,18H2,1-3H3,(H,29,31)/b28-20-. The normalized spacial score (nSPS) is 11.7. The van der Waals surface area contributed by atoms with Crippen molar-refractivity contribution in [3.05, 3.63) is 88.9 Å². The second-order valence-electron chi connectivity index (χ2n) is 8.01. The zero-order valence-corrected chi connectivity index (χ0v) is 21.4. The van der Waals surface area contributed by atoms with E-state index < -0.39 is 22.5 Å². The molecule has 3 aromatic carbocycles. The zero-order chi connectivity index (χ0) is 25.4. The molecule has 0 aliphatic heterocycles. The number of carbonyl (C=O) groups excluding carboxylic acids is 1. The number of rotatable bonds is 10. The maximum atomic E-state index is 13.5. The van der Waals surface area contributed by atoms with Gasteiger partial charge in [0.05, 0.1) is 22.7 Å².